The second-order valence-electron chi connectivity index (χ2n) is 4.51. The van der Waals surface area contributed by atoms with E-state index >= 15 is 0 Å². The van der Waals surface area contributed by atoms with Gasteiger partial charge in [-0.3, -0.25) is 4.98 Å². The summed E-state index contributed by atoms with van der Waals surface area (Å²) in [6.45, 7) is 0.286. The van der Waals surface area contributed by atoms with Crippen molar-refractivity contribution < 1.29 is 8.42 Å². The van der Waals surface area contributed by atoms with Crippen molar-refractivity contribution in [3.63, 3.8) is 0 Å². The third-order valence-electron chi connectivity index (χ3n) is 2.99. The van der Waals surface area contributed by atoms with Crippen LogP contribution in [0.5, 0.6) is 0 Å². The highest BCUT2D eigenvalue weighted by molar-refractivity contribution is 9.10. The molecule has 4 nitrogen and oxygen atoms in total. The van der Waals surface area contributed by atoms with Crippen molar-refractivity contribution in [3.05, 3.63) is 58.3 Å². The van der Waals surface area contributed by atoms with E-state index in [1.807, 2.05) is 0 Å². The van der Waals surface area contributed by atoms with Crippen LogP contribution in [0.15, 0.2) is 52.1 Å². The molecule has 0 saturated carbocycles. The number of pyridine rings is 1. The van der Waals surface area contributed by atoms with Gasteiger partial charge in [-0.2, -0.15) is 4.31 Å². The third-order valence-corrected chi connectivity index (χ3v) is 6.08. The predicted octanol–water partition coefficient (Wildman–Crippen LogP) is 3.40. The first kappa shape index (κ1) is 16.4. The van der Waals surface area contributed by atoms with Crippen LogP contribution in [0, 0.1) is 0 Å². The molecule has 0 aliphatic heterocycles. The molecule has 0 amide bonds. The minimum Gasteiger partial charge on any atom is -0.265 e. The van der Waals surface area contributed by atoms with Gasteiger partial charge in [0.1, 0.15) is 0 Å². The Balaban J connectivity index is 2.29. The first-order valence-electron chi connectivity index (χ1n) is 6.15. The third kappa shape index (κ3) is 3.83. The maximum Gasteiger partial charge on any atom is 0.244 e. The summed E-state index contributed by atoms with van der Waals surface area (Å²) in [5.41, 5.74) is 1.74. The molecular weight excluding hydrogens is 376 g/mol. The number of sulfonamides is 1. The molecule has 0 saturated heterocycles. The van der Waals surface area contributed by atoms with E-state index in [1.54, 1.807) is 49.8 Å². The van der Waals surface area contributed by atoms with E-state index in [4.69, 9.17) is 11.6 Å². The number of halogens is 2. The molecule has 21 heavy (non-hydrogen) atoms. The zero-order chi connectivity index (χ0) is 15.5. The van der Waals surface area contributed by atoms with Gasteiger partial charge >= 0.3 is 0 Å². The van der Waals surface area contributed by atoms with Crippen LogP contribution in [-0.2, 0) is 22.4 Å². The van der Waals surface area contributed by atoms with Gasteiger partial charge in [0.15, 0.2) is 0 Å². The lowest BCUT2D eigenvalue weighted by Crippen LogP contribution is -2.26. The minimum absolute atomic E-state index is 0.230. The van der Waals surface area contributed by atoms with Gasteiger partial charge in [0, 0.05) is 36.3 Å². The SMILES string of the molecule is CN(Cc1ccncc1)S(=O)(=O)c1ccc(CCl)cc1Br. The average molecular weight is 390 g/mol. The number of rotatable bonds is 5. The van der Waals surface area contributed by atoms with Crippen molar-refractivity contribution in [1.82, 2.24) is 9.29 Å². The van der Waals surface area contributed by atoms with Crippen molar-refractivity contribution in [2.45, 2.75) is 17.3 Å². The lowest BCUT2D eigenvalue weighted by atomic mass is 10.2. The molecular formula is C14H14BrClN2O2S. The normalized spacial score (nSPS) is 11.8. The van der Waals surface area contributed by atoms with Crippen LogP contribution in [0.4, 0.5) is 0 Å². The highest BCUT2D eigenvalue weighted by atomic mass is 79.9. The largest absolute Gasteiger partial charge is 0.265 e. The summed E-state index contributed by atoms with van der Waals surface area (Å²) in [5.74, 6) is 0.339. The summed E-state index contributed by atoms with van der Waals surface area (Å²) in [6.07, 6.45) is 3.28. The van der Waals surface area contributed by atoms with Gasteiger partial charge in [-0.15, -0.1) is 11.6 Å². The standard InChI is InChI=1S/C14H14BrClN2O2S/c1-18(10-11-4-6-17-7-5-11)21(19,20)14-3-2-12(9-16)8-13(14)15/h2-8H,9-10H2,1H3. The van der Waals surface area contributed by atoms with Crippen molar-refractivity contribution in [1.29, 1.82) is 0 Å². The van der Waals surface area contributed by atoms with Crippen LogP contribution < -0.4 is 0 Å². The van der Waals surface area contributed by atoms with Gasteiger partial charge in [0.05, 0.1) is 4.90 Å². The summed E-state index contributed by atoms with van der Waals surface area (Å²) < 4.78 is 27.0. The monoisotopic (exact) mass is 388 g/mol. The van der Waals surface area contributed by atoms with Crippen molar-refractivity contribution >= 4 is 37.6 Å². The number of benzene rings is 1. The summed E-state index contributed by atoms with van der Waals surface area (Å²) in [7, 11) is -2.02. The minimum atomic E-state index is -3.57. The van der Waals surface area contributed by atoms with Gasteiger partial charge in [-0.05, 0) is 51.3 Å². The van der Waals surface area contributed by atoms with E-state index in [-0.39, 0.29) is 11.4 Å². The predicted molar refractivity (Wildman–Crippen MR) is 86.6 cm³/mol. The Kier molecular flexibility index (Phi) is 5.37. The molecule has 0 radical (unpaired) electrons. The molecule has 0 unspecified atom stereocenters. The fourth-order valence-electron chi connectivity index (χ4n) is 1.83. The summed E-state index contributed by atoms with van der Waals surface area (Å²) in [6, 6.07) is 8.58. The second kappa shape index (κ2) is 6.87. The molecule has 7 heteroatoms. The zero-order valence-electron chi connectivity index (χ0n) is 11.3. The summed E-state index contributed by atoms with van der Waals surface area (Å²) in [5, 5.41) is 0. The van der Waals surface area contributed by atoms with E-state index < -0.39 is 10.0 Å². The average Bonchev–Trinajstić information content (AvgIpc) is 2.47. The Labute approximate surface area is 137 Å². The molecule has 112 valence electrons. The number of hydrogen-bond acceptors (Lipinski definition) is 3. The number of alkyl halides is 1. The molecule has 0 N–H and O–H groups in total. The molecule has 0 fully saturated rings. The van der Waals surface area contributed by atoms with Gasteiger partial charge in [0.2, 0.25) is 10.0 Å². The maximum absolute atomic E-state index is 12.6. The number of hydrogen-bond donors (Lipinski definition) is 0. The lowest BCUT2D eigenvalue weighted by Gasteiger charge is -2.18. The molecule has 2 rings (SSSR count). The lowest BCUT2D eigenvalue weighted by molar-refractivity contribution is 0.466. The molecule has 1 aromatic carbocycles. The fraction of sp³-hybridized carbons (Fsp3) is 0.214. The van der Waals surface area contributed by atoms with Crippen LogP contribution >= 0.6 is 27.5 Å². The Hall–Kier alpha value is -0.950. The van der Waals surface area contributed by atoms with Gasteiger partial charge in [-0.25, -0.2) is 8.42 Å². The van der Waals surface area contributed by atoms with Crippen LogP contribution in [0.1, 0.15) is 11.1 Å². The van der Waals surface area contributed by atoms with Crippen LogP contribution in [0.25, 0.3) is 0 Å². The molecule has 0 aliphatic rings. The van der Waals surface area contributed by atoms with Gasteiger partial charge in [-0.1, -0.05) is 6.07 Å². The first-order valence-corrected chi connectivity index (χ1v) is 8.91. The molecule has 2 aromatic rings. The number of nitrogens with zero attached hydrogens (tertiary/aromatic N) is 2. The second-order valence-corrected chi connectivity index (χ2v) is 7.65. The zero-order valence-corrected chi connectivity index (χ0v) is 14.5. The van der Waals surface area contributed by atoms with E-state index in [0.717, 1.165) is 11.1 Å². The van der Waals surface area contributed by atoms with Crippen LogP contribution in [0.3, 0.4) is 0 Å². The Bertz CT molecular complexity index is 723. The summed E-state index contributed by atoms with van der Waals surface area (Å²) in [4.78, 5) is 4.15. The van der Waals surface area contributed by atoms with E-state index in [9.17, 15) is 8.42 Å². The highest BCUT2D eigenvalue weighted by Crippen LogP contribution is 2.27. The van der Waals surface area contributed by atoms with Crippen molar-refractivity contribution in [3.8, 4) is 0 Å². The topological polar surface area (TPSA) is 50.3 Å². The van der Waals surface area contributed by atoms with Gasteiger partial charge < -0.3 is 0 Å². The molecule has 0 aliphatic carbocycles. The van der Waals surface area contributed by atoms with E-state index in [0.29, 0.717) is 10.4 Å². The Morgan fingerprint density at radius 1 is 1.19 bits per heavy atom. The van der Waals surface area contributed by atoms with Crippen molar-refractivity contribution in [2.75, 3.05) is 7.05 Å². The molecule has 0 spiro atoms. The molecule has 1 aromatic heterocycles. The maximum atomic E-state index is 12.6. The Morgan fingerprint density at radius 3 is 2.43 bits per heavy atom. The smallest absolute Gasteiger partial charge is 0.244 e. The van der Waals surface area contributed by atoms with E-state index in [2.05, 4.69) is 20.9 Å². The van der Waals surface area contributed by atoms with Crippen LogP contribution in [-0.4, -0.2) is 24.8 Å². The fourth-order valence-corrected chi connectivity index (χ4v) is 4.24. The molecule has 0 bridgehead atoms. The van der Waals surface area contributed by atoms with Crippen molar-refractivity contribution in [2.24, 2.45) is 0 Å². The van der Waals surface area contributed by atoms with Gasteiger partial charge in [0.25, 0.3) is 0 Å². The summed E-state index contributed by atoms with van der Waals surface area (Å²) >= 11 is 9.05. The Morgan fingerprint density at radius 2 is 1.86 bits per heavy atom. The molecule has 0 atom stereocenters. The highest BCUT2D eigenvalue weighted by Gasteiger charge is 2.23. The molecule has 1 heterocycles. The van der Waals surface area contributed by atoms with Crippen LogP contribution in [0.2, 0.25) is 0 Å². The quantitative estimate of drug-likeness (QED) is 0.736. The first-order chi connectivity index (χ1) is 9.95. The number of aromatic nitrogens is 1. The van der Waals surface area contributed by atoms with E-state index in [1.165, 1.54) is 4.31 Å².